The molecule has 7 amide bonds. The summed E-state index contributed by atoms with van der Waals surface area (Å²) in [7, 11) is 0. The molecule has 0 fully saturated rings. The van der Waals surface area contributed by atoms with E-state index in [0.29, 0.717) is 19.3 Å². The van der Waals surface area contributed by atoms with Crippen molar-refractivity contribution < 1.29 is 43.5 Å². The highest BCUT2D eigenvalue weighted by Crippen LogP contribution is 2.03. The van der Waals surface area contributed by atoms with Crippen LogP contribution in [-0.4, -0.2) is 140 Å². The Kier molecular flexibility index (Phi) is 26.4. The summed E-state index contributed by atoms with van der Waals surface area (Å²) >= 11 is 0. The Bertz CT molecular complexity index is 1460. The van der Waals surface area contributed by atoms with E-state index in [0.717, 1.165) is 0 Å². The van der Waals surface area contributed by atoms with E-state index in [1.807, 2.05) is 6.92 Å². The summed E-state index contributed by atoms with van der Waals surface area (Å²) in [5.74, 6) is -7.11. The molecule has 58 heavy (non-hydrogen) atoms. The van der Waals surface area contributed by atoms with E-state index in [4.69, 9.17) is 40.1 Å². The second-order valence-corrected chi connectivity index (χ2v) is 12.7. The molecule has 22 N–H and O–H groups in total. The smallest absolute Gasteiger partial charge is 0.326 e. The van der Waals surface area contributed by atoms with Crippen LogP contribution in [0.25, 0.3) is 0 Å². The van der Waals surface area contributed by atoms with Crippen LogP contribution in [-0.2, 0) is 38.4 Å². The molecule has 0 spiro atoms. The van der Waals surface area contributed by atoms with Gasteiger partial charge in [0.25, 0.3) is 0 Å². The van der Waals surface area contributed by atoms with Crippen molar-refractivity contribution in [2.24, 2.45) is 55.1 Å². The maximum atomic E-state index is 13.2. The number of rotatable bonds is 30. The van der Waals surface area contributed by atoms with Crippen LogP contribution in [0.4, 0.5) is 0 Å². The normalized spacial score (nSPS) is 12.4. The molecule has 0 saturated carbocycles. The molecule has 26 heteroatoms. The van der Waals surface area contributed by atoms with Crippen LogP contribution in [0.15, 0.2) is 15.0 Å². The van der Waals surface area contributed by atoms with Gasteiger partial charge in [-0.3, -0.25) is 48.5 Å². The predicted molar refractivity (Wildman–Crippen MR) is 213 cm³/mol. The lowest BCUT2D eigenvalue weighted by atomic mass is 10.1. The highest BCUT2D eigenvalue weighted by Gasteiger charge is 2.26. The third-order valence-corrected chi connectivity index (χ3v) is 7.73. The molecule has 0 bridgehead atoms. The van der Waals surface area contributed by atoms with Gasteiger partial charge < -0.3 is 82.5 Å². The monoisotopic (exact) mass is 827 g/mol. The zero-order valence-electron chi connectivity index (χ0n) is 32.7. The number of carboxylic acid groups (broad SMARTS) is 1. The highest BCUT2D eigenvalue weighted by atomic mass is 16.4. The number of aliphatic carboxylic acids is 1. The average Bonchev–Trinajstić information content (AvgIpc) is 3.16. The first-order valence-electron chi connectivity index (χ1n) is 18.5. The fraction of sp³-hybridized carbons (Fsp3) is 0.656. The quantitative estimate of drug-likeness (QED) is 0.0182. The fourth-order valence-corrected chi connectivity index (χ4v) is 4.84. The minimum Gasteiger partial charge on any atom is -0.480 e. The number of unbranched alkanes of at least 4 members (excludes halogenated alkanes) is 1. The molecule has 0 heterocycles. The summed E-state index contributed by atoms with van der Waals surface area (Å²) in [5.41, 5.74) is 37.4. The Hall–Kier alpha value is -6.47. The number of nitrogens with one attached hydrogen (secondary N) is 7. The van der Waals surface area contributed by atoms with Gasteiger partial charge in [0, 0.05) is 19.6 Å². The zero-order valence-corrected chi connectivity index (χ0v) is 32.7. The Morgan fingerprint density at radius 1 is 0.483 bits per heavy atom. The Morgan fingerprint density at radius 2 is 0.776 bits per heavy atom. The number of hydrogen-bond acceptors (Lipinski definition) is 12. The van der Waals surface area contributed by atoms with Crippen molar-refractivity contribution in [3.63, 3.8) is 0 Å². The standard InChI is InChI=1S/C32H61N17O9/c1-2-3-7-21(29(57)58)49-25(53)17-45-28(56)20(10-6-13-42-32(38)39)48-24(52)16-44-27(55)19(9-5-12-41-31(36)37)47-23(51)15-43-26(54)18(46-22(50)14-33)8-4-11-40-30(34)35/h18-21H,2-17,33H2,1H3,(H,43,54)(H,44,55)(H,45,56)(H,46,50)(H,47,51)(H,48,52)(H,49,53)(H,57,58)(H4,34,35,40)(H4,36,37,41)(H4,38,39,42)/t18-,19-,20-,21-/m0/s1. The molecule has 26 nitrogen and oxygen atoms in total. The van der Waals surface area contributed by atoms with Crippen molar-refractivity contribution in [3.05, 3.63) is 0 Å². The largest absolute Gasteiger partial charge is 0.480 e. The van der Waals surface area contributed by atoms with Crippen LogP contribution >= 0.6 is 0 Å². The van der Waals surface area contributed by atoms with Gasteiger partial charge in [0.15, 0.2) is 17.9 Å². The number of carbonyl (C=O) groups is 8. The number of aliphatic imine (C=N–C) groups is 3. The Morgan fingerprint density at radius 3 is 1.05 bits per heavy atom. The second kappa shape index (κ2) is 29.8. The lowest BCUT2D eigenvalue weighted by molar-refractivity contribution is -0.142. The number of amides is 7. The van der Waals surface area contributed by atoms with E-state index in [-0.39, 0.29) is 76.0 Å². The van der Waals surface area contributed by atoms with E-state index in [1.54, 1.807) is 0 Å². The molecule has 328 valence electrons. The van der Waals surface area contributed by atoms with E-state index >= 15 is 0 Å². The van der Waals surface area contributed by atoms with Crippen LogP contribution in [0.1, 0.15) is 64.7 Å². The number of nitrogens with two attached hydrogens (primary N) is 7. The third-order valence-electron chi connectivity index (χ3n) is 7.73. The zero-order chi connectivity index (χ0) is 44.0. The van der Waals surface area contributed by atoms with Crippen LogP contribution in [0.3, 0.4) is 0 Å². The molecule has 0 aliphatic rings. The summed E-state index contributed by atoms with van der Waals surface area (Å²) in [6.07, 6.45) is 2.26. The molecule has 0 saturated heterocycles. The molecule has 0 unspecified atom stereocenters. The van der Waals surface area contributed by atoms with E-state index in [9.17, 15) is 43.5 Å². The second-order valence-electron chi connectivity index (χ2n) is 12.7. The summed E-state index contributed by atoms with van der Waals surface area (Å²) < 4.78 is 0. The van der Waals surface area contributed by atoms with Crippen molar-refractivity contribution in [2.75, 3.05) is 45.8 Å². The summed E-state index contributed by atoms with van der Waals surface area (Å²) in [5, 5.41) is 26.2. The van der Waals surface area contributed by atoms with Gasteiger partial charge in [0.05, 0.1) is 26.2 Å². The molecule has 4 atom stereocenters. The predicted octanol–water partition coefficient (Wildman–Crippen LogP) is -7.33. The lowest BCUT2D eigenvalue weighted by Crippen LogP contribution is -2.54. The minimum absolute atomic E-state index is 0.000389. The highest BCUT2D eigenvalue weighted by molar-refractivity contribution is 5.95. The molecule has 0 aromatic heterocycles. The fourth-order valence-electron chi connectivity index (χ4n) is 4.84. The first kappa shape index (κ1) is 51.5. The van der Waals surface area contributed by atoms with Crippen LogP contribution < -0.4 is 77.4 Å². The Balaban J connectivity index is 5.62. The lowest BCUT2D eigenvalue weighted by Gasteiger charge is -2.21. The van der Waals surface area contributed by atoms with Crippen molar-refractivity contribution in [1.82, 2.24) is 37.2 Å². The number of hydrogen-bond donors (Lipinski definition) is 15. The van der Waals surface area contributed by atoms with E-state index in [2.05, 4.69) is 52.2 Å². The van der Waals surface area contributed by atoms with Crippen LogP contribution in [0, 0.1) is 0 Å². The molecule has 0 aliphatic heterocycles. The van der Waals surface area contributed by atoms with Gasteiger partial charge in [-0.05, 0) is 44.9 Å². The number of nitrogens with zero attached hydrogens (tertiary/aromatic N) is 3. The maximum absolute atomic E-state index is 13.2. The number of guanidine groups is 3. The van der Waals surface area contributed by atoms with Gasteiger partial charge in [-0.25, -0.2) is 4.79 Å². The molecule has 0 rings (SSSR count). The minimum atomic E-state index is -1.25. The molecular formula is C32H61N17O9. The maximum Gasteiger partial charge on any atom is 0.326 e. The van der Waals surface area contributed by atoms with Crippen molar-refractivity contribution in [3.8, 4) is 0 Å². The van der Waals surface area contributed by atoms with Crippen molar-refractivity contribution in [2.45, 2.75) is 88.9 Å². The van der Waals surface area contributed by atoms with Crippen LogP contribution in [0.2, 0.25) is 0 Å². The van der Waals surface area contributed by atoms with Crippen molar-refractivity contribution in [1.29, 1.82) is 0 Å². The summed E-state index contributed by atoms with van der Waals surface area (Å²) in [6, 6.07) is -4.71. The first-order valence-corrected chi connectivity index (χ1v) is 18.5. The van der Waals surface area contributed by atoms with Crippen molar-refractivity contribution >= 4 is 65.2 Å². The van der Waals surface area contributed by atoms with Gasteiger partial charge in [0.2, 0.25) is 41.4 Å². The molecule has 0 aromatic rings. The molecule has 0 aromatic carbocycles. The first-order chi connectivity index (χ1) is 27.4. The summed E-state index contributed by atoms with van der Waals surface area (Å²) in [6.45, 7) is -0.0304. The number of carboxylic acids is 1. The molecule has 0 aliphatic carbocycles. The van der Waals surface area contributed by atoms with Gasteiger partial charge in [-0.15, -0.1) is 0 Å². The van der Waals surface area contributed by atoms with E-state index in [1.165, 1.54) is 0 Å². The topological polar surface area (TPSA) is 460 Å². The van der Waals surface area contributed by atoms with E-state index < -0.39 is 97.7 Å². The SMILES string of the molecule is CCCC[C@H](NC(=O)CNC(=O)[C@H](CCCN=C(N)N)NC(=O)CNC(=O)[C@H](CCCN=C(N)N)NC(=O)CNC(=O)[C@H](CCCN=C(N)N)NC(=O)CN)C(=O)O. The Labute approximate surface area is 335 Å². The van der Waals surface area contributed by atoms with Crippen LogP contribution in [0.5, 0.6) is 0 Å². The average molecular weight is 828 g/mol. The van der Waals surface area contributed by atoms with Gasteiger partial charge in [-0.1, -0.05) is 19.8 Å². The van der Waals surface area contributed by atoms with Gasteiger partial charge >= 0.3 is 5.97 Å². The molecular weight excluding hydrogens is 766 g/mol. The third kappa shape index (κ3) is 25.6. The van der Waals surface area contributed by atoms with Gasteiger partial charge in [-0.2, -0.15) is 0 Å². The summed E-state index contributed by atoms with van der Waals surface area (Å²) in [4.78, 5) is 112. The molecule has 0 radical (unpaired) electrons. The van der Waals surface area contributed by atoms with Gasteiger partial charge in [0.1, 0.15) is 24.2 Å². The number of carbonyl (C=O) groups excluding carboxylic acids is 7.